The standard InChI is InChI=1S/C15H15F2N3O2/c16-9-2-3-10(11(17)8-9)12(21)4-5-13-19-14(20-22-13)15(18)6-1-7-15/h2-3,8H,1,4-7,18H2. The molecule has 1 aromatic heterocycles. The van der Waals surface area contributed by atoms with Gasteiger partial charge in [0, 0.05) is 18.9 Å². The van der Waals surface area contributed by atoms with Gasteiger partial charge in [0.25, 0.3) is 0 Å². The lowest BCUT2D eigenvalue weighted by Crippen LogP contribution is -2.44. The number of carbonyl (C=O) groups is 1. The minimum Gasteiger partial charge on any atom is -0.339 e. The van der Waals surface area contributed by atoms with E-state index in [9.17, 15) is 13.6 Å². The van der Waals surface area contributed by atoms with E-state index >= 15 is 0 Å². The summed E-state index contributed by atoms with van der Waals surface area (Å²) in [6.07, 6.45) is 2.85. The van der Waals surface area contributed by atoms with Crippen molar-refractivity contribution >= 4 is 5.78 Å². The molecule has 0 bridgehead atoms. The van der Waals surface area contributed by atoms with Crippen LogP contribution in [0.15, 0.2) is 22.7 Å². The molecule has 0 amide bonds. The van der Waals surface area contributed by atoms with Crippen molar-refractivity contribution in [2.45, 2.75) is 37.6 Å². The summed E-state index contributed by atoms with van der Waals surface area (Å²) >= 11 is 0. The maximum Gasteiger partial charge on any atom is 0.227 e. The minimum atomic E-state index is -0.869. The van der Waals surface area contributed by atoms with Gasteiger partial charge in [0.2, 0.25) is 5.89 Å². The fourth-order valence-corrected chi connectivity index (χ4v) is 2.41. The molecule has 0 spiro atoms. The van der Waals surface area contributed by atoms with Crippen molar-refractivity contribution in [3.05, 3.63) is 47.1 Å². The summed E-state index contributed by atoms with van der Waals surface area (Å²) in [5, 5.41) is 3.84. The van der Waals surface area contributed by atoms with Gasteiger partial charge in [-0.2, -0.15) is 4.98 Å². The Balaban J connectivity index is 1.64. The number of nitrogens with two attached hydrogens (primary N) is 1. The monoisotopic (exact) mass is 307 g/mol. The highest BCUT2D eigenvalue weighted by molar-refractivity contribution is 5.96. The lowest BCUT2D eigenvalue weighted by atomic mass is 9.77. The van der Waals surface area contributed by atoms with Gasteiger partial charge >= 0.3 is 0 Å². The molecule has 0 unspecified atom stereocenters. The van der Waals surface area contributed by atoms with Crippen LogP contribution in [0.2, 0.25) is 0 Å². The van der Waals surface area contributed by atoms with Gasteiger partial charge in [0.15, 0.2) is 11.6 Å². The van der Waals surface area contributed by atoms with Crippen LogP contribution in [0.3, 0.4) is 0 Å². The van der Waals surface area contributed by atoms with Crippen molar-refractivity contribution in [1.29, 1.82) is 0 Å². The zero-order valence-electron chi connectivity index (χ0n) is 11.8. The third-order valence-corrected chi connectivity index (χ3v) is 3.96. The highest BCUT2D eigenvalue weighted by Gasteiger charge is 2.38. The number of benzene rings is 1. The SMILES string of the molecule is NC1(c2noc(CCC(=O)c3ccc(F)cc3F)n2)CCC1. The number of aryl methyl sites for hydroxylation is 1. The van der Waals surface area contributed by atoms with Crippen LogP contribution in [0, 0.1) is 11.6 Å². The molecule has 0 radical (unpaired) electrons. The van der Waals surface area contributed by atoms with Crippen molar-refractivity contribution in [2.24, 2.45) is 5.73 Å². The molecule has 1 heterocycles. The molecule has 2 N–H and O–H groups in total. The molecule has 1 fully saturated rings. The number of hydrogen-bond acceptors (Lipinski definition) is 5. The van der Waals surface area contributed by atoms with Crippen LogP contribution in [0.4, 0.5) is 8.78 Å². The molecule has 1 saturated carbocycles. The molecule has 0 atom stereocenters. The first kappa shape index (κ1) is 14.8. The van der Waals surface area contributed by atoms with Gasteiger partial charge in [0.1, 0.15) is 11.6 Å². The number of Topliss-reactive ketones (excluding diaryl/α,β-unsaturated/α-hetero) is 1. The molecule has 1 aliphatic carbocycles. The van der Waals surface area contributed by atoms with E-state index in [4.69, 9.17) is 10.3 Å². The van der Waals surface area contributed by atoms with Gasteiger partial charge in [-0.25, -0.2) is 8.78 Å². The van der Waals surface area contributed by atoms with E-state index in [0.29, 0.717) is 17.8 Å². The number of halogens is 2. The van der Waals surface area contributed by atoms with E-state index in [-0.39, 0.29) is 18.4 Å². The average molecular weight is 307 g/mol. The van der Waals surface area contributed by atoms with Gasteiger partial charge < -0.3 is 10.3 Å². The van der Waals surface area contributed by atoms with Crippen molar-refractivity contribution in [2.75, 3.05) is 0 Å². The van der Waals surface area contributed by atoms with Crippen LogP contribution in [-0.2, 0) is 12.0 Å². The molecular formula is C15H15F2N3O2. The van der Waals surface area contributed by atoms with Crippen LogP contribution in [0.1, 0.15) is 47.8 Å². The summed E-state index contributed by atoms with van der Waals surface area (Å²) in [7, 11) is 0. The Hall–Kier alpha value is -2.15. The molecule has 22 heavy (non-hydrogen) atoms. The van der Waals surface area contributed by atoms with E-state index in [1.54, 1.807) is 0 Å². The number of carbonyl (C=O) groups excluding carboxylic acids is 1. The molecule has 2 aromatic rings. The maximum absolute atomic E-state index is 13.5. The molecule has 1 aliphatic rings. The quantitative estimate of drug-likeness (QED) is 0.858. The highest BCUT2D eigenvalue weighted by Crippen LogP contribution is 2.36. The molecule has 5 nitrogen and oxygen atoms in total. The van der Waals surface area contributed by atoms with Crippen molar-refractivity contribution in [3.8, 4) is 0 Å². The van der Waals surface area contributed by atoms with Crippen LogP contribution in [0.5, 0.6) is 0 Å². The third-order valence-electron chi connectivity index (χ3n) is 3.96. The highest BCUT2D eigenvalue weighted by atomic mass is 19.1. The molecule has 116 valence electrons. The van der Waals surface area contributed by atoms with Crippen molar-refractivity contribution in [1.82, 2.24) is 10.1 Å². The summed E-state index contributed by atoms with van der Waals surface area (Å²) in [6.45, 7) is 0. The lowest BCUT2D eigenvalue weighted by molar-refractivity contribution is 0.0975. The first-order chi connectivity index (χ1) is 10.5. The molecule has 7 heteroatoms. The normalized spacial score (nSPS) is 16.3. The van der Waals surface area contributed by atoms with Gasteiger partial charge in [-0.1, -0.05) is 5.16 Å². The summed E-state index contributed by atoms with van der Waals surface area (Å²) < 4.78 is 31.4. The second kappa shape index (κ2) is 5.57. The van der Waals surface area contributed by atoms with Crippen LogP contribution < -0.4 is 5.73 Å². The van der Waals surface area contributed by atoms with E-state index in [1.807, 2.05) is 0 Å². The molecule has 1 aromatic carbocycles. The lowest BCUT2D eigenvalue weighted by Gasteiger charge is -2.34. The first-order valence-corrected chi connectivity index (χ1v) is 7.08. The fourth-order valence-electron chi connectivity index (χ4n) is 2.41. The zero-order valence-corrected chi connectivity index (χ0v) is 11.8. The first-order valence-electron chi connectivity index (χ1n) is 7.08. The van der Waals surface area contributed by atoms with Gasteiger partial charge in [-0.05, 0) is 31.4 Å². The molecule has 0 aliphatic heterocycles. The molecule has 3 rings (SSSR count). The molecule has 0 saturated heterocycles. The fraction of sp³-hybridized carbons (Fsp3) is 0.400. The Morgan fingerprint density at radius 1 is 1.36 bits per heavy atom. The second-order valence-corrected chi connectivity index (χ2v) is 5.57. The third kappa shape index (κ3) is 2.76. The van der Waals surface area contributed by atoms with E-state index in [0.717, 1.165) is 31.4 Å². The van der Waals surface area contributed by atoms with E-state index in [1.165, 1.54) is 0 Å². The van der Waals surface area contributed by atoms with Crippen LogP contribution in [-0.4, -0.2) is 15.9 Å². The average Bonchev–Trinajstić information content (AvgIpc) is 2.91. The largest absolute Gasteiger partial charge is 0.339 e. The maximum atomic E-state index is 13.5. The van der Waals surface area contributed by atoms with Gasteiger partial charge in [-0.15, -0.1) is 0 Å². The topological polar surface area (TPSA) is 82.0 Å². The predicted octanol–water partition coefficient (Wildman–Crippen LogP) is 2.50. The summed E-state index contributed by atoms with van der Waals surface area (Å²) in [4.78, 5) is 16.1. The Bertz CT molecular complexity index is 711. The van der Waals surface area contributed by atoms with Gasteiger partial charge in [-0.3, -0.25) is 4.79 Å². The number of nitrogens with zero attached hydrogens (tertiary/aromatic N) is 2. The minimum absolute atomic E-state index is 0.00174. The van der Waals surface area contributed by atoms with E-state index in [2.05, 4.69) is 10.1 Å². The van der Waals surface area contributed by atoms with Gasteiger partial charge in [0.05, 0.1) is 11.1 Å². The number of rotatable bonds is 5. The van der Waals surface area contributed by atoms with Crippen molar-refractivity contribution in [3.63, 3.8) is 0 Å². The van der Waals surface area contributed by atoms with Crippen LogP contribution in [0.25, 0.3) is 0 Å². The van der Waals surface area contributed by atoms with E-state index < -0.39 is 23.0 Å². The van der Waals surface area contributed by atoms with Crippen molar-refractivity contribution < 1.29 is 18.1 Å². The predicted molar refractivity (Wildman–Crippen MR) is 73.0 cm³/mol. The number of ketones is 1. The van der Waals surface area contributed by atoms with Crippen LogP contribution >= 0.6 is 0 Å². The summed E-state index contributed by atoms with van der Waals surface area (Å²) in [6, 6.07) is 2.87. The zero-order chi connectivity index (χ0) is 15.7. The Morgan fingerprint density at radius 3 is 2.77 bits per heavy atom. The Kier molecular flexibility index (Phi) is 3.74. The summed E-state index contributed by atoms with van der Waals surface area (Å²) in [5.41, 5.74) is 5.42. The smallest absolute Gasteiger partial charge is 0.227 e. The number of hydrogen-bond donors (Lipinski definition) is 1. The molecular weight excluding hydrogens is 292 g/mol. The summed E-state index contributed by atoms with van der Waals surface area (Å²) in [5.74, 6) is -1.28. The second-order valence-electron chi connectivity index (χ2n) is 5.57. The Morgan fingerprint density at radius 2 is 2.14 bits per heavy atom. The number of aromatic nitrogens is 2. The Labute approximate surface area is 125 Å².